The number of nitrogens with one attached hydrogen (secondary N) is 1. The summed E-state index contributed by atoms with van der Waals surface area (Å²) >= 11 is 0. The molecule has 1 amide bonds. The minimum Gasteiger partial charge on any atom is -0.494 e. The molecule has 208 valence electrons. The van der Waals surface area contributed by atoms with Crippen molar-refractivity contribution in [3.05, 3.63) is 42.4 Å². The maximum Gasteiger partial charge on any atom is 0.225 e. The topological polar surface area (TPSA) is 88.4 Å². The maximum atomic E-state index is 13.2. The van der Waals surface area contributed by atoms with Crippen molar-refractivity contribution in [2.75, 3.05) is 51.3 Å². The van der Waals surface area contributed by atoms with E-state index in [0.717, 1.165) is 86.6 Å². The number of fused-ring (bicyclic) bond motifs is 1. The van der Waals surface area contributed by atoms with E-state index in [0.29, 0.717) is 25.0 Å². The molecule has 1 aliphatic carbocycles. The molecular weight excluding hydrogens is 525 g/mol. The highest BCUT2D eigenvalue weighted by atomic mass is 35.5. The predicted molar refractivity (Wildman–Crippen MR) is 155 cm³/mol. The van der Waals surface area contributed by atoms with E-state index in [1.165, 1.54) is 0 Å². The van der Waals surface area contributed by atoms with Gasteiger partial charge in [-0.15, -0.1) is 24.8 Å². The first-order valence-electron chi connectivity index (χ1n) is 13.2. The van der Waals surface area contributed by atoms with E-state index in [1.54, 1.807) is 6.33 Å². The maximum absolute atomic E-state index is 13.2. The molecule has 2 aliphatic rings. The fraction of sp³-hybridized carbons (Fsp3) is 0.556. The van der Waals surface area contributed by atoms with Gasteiger partial charge in [0.15, 0.2) is 5.65 Å². The number of piperazine rings is 1. The van der Waals surface area contributed by atoms with Crippen LogP contribution in [0.2, 0.25) is 0 Å². The van der Waals surface area contributed by atoms with Gasteiger partial charge < -0.3 is 19.9 Å². The predicted octanol–water partition coefficient (Wildman–Crippen LogP) is 3.79. The molecule has 1 aromatic carbocycles. The molecule has 3 aromatic rings. The van der Waals surface area contributed by atoms with Crippen molar-refractivity contribution in [3.63, 3.8) is 0 Å². The van der Waals surface area contributed by atoms with E-state index in [-0.39, 0.29) is 30.7 Å². The Hall–Kier alpha value is -2.62. The number of amides is 1. The van der Waals surface area contributed by atoms with Crippen LogP contribution >= 0.6 is 24.8 Å². The number of hydrogen-bond acceptors (Lipinski definition) is 7. The van der Waals surface area contributed by atoms with Crippen LogP contribution in [-0.2, 0) is 11.3 Å². The van der Waals surface area contributed by atoms with E-state index in [2.05, 4.69) is 36.2 Å². The van der Waals surface area contributed by atoms with Gasteiger partial charge in [0.2, 0.25) is 5.91 Å². The van der Waals surface area contributed by atoms with Crippen LogP contribution in [-0.4, -0.2) is 76.9 Å². The van der Waals surface area contributed by atoms with Crippen molar-refractivity contribution in [1.29, 1.82) is 0 Å². The summed E-state index contributed by atoms with van der Waals surface area (Å²) in [5.41, 5.74) is 1.93. The lowest BCUT2D eigenvalue weighted by Crippen LogP contribution is -2.51. The molecule has 9 nitrogen and oxygen atoms in total. The summed E-state index contributed by atoms with van der Waals surface area (Å²) in [6.45, 7) is 7.31. The van der Waals surface area contributed by atoms with Gasteiger partial charge in [0.25, 0.3) is 0 Å². The Labute approximate surface area is 237 Å². The molecule has 0 radical (unpaired) electrons. The number of ether oxygens (including phenoxy) is 1. The molecule has 5 rings (SSSR count). The van der Waals surface area contributed by atoms with Gasteiger partial charge in [-0.3, -0.25) is 4.79 Å². The second-order valence-corrected chi connectivity index (χ2v) is 9.90. The quantitative estimate of drug-likeness (QED) is 0.446. The third-order valence-corrected chi connectivity index (χ3v) is 7.53. The zero-order chi connectivity index (χ0) is 24.9. The standard InChI is InChI=1S/C27H37N7O2.2ClH/c1-3-36-23-6-4-5-21(15-23)18-34-26-24(17-31-34)25(29-19-30-26)32-11-13-33(14-12-32)27(35)22-9-7-20(8-10-22)16-28-2;;/h4-6,15,17,19-20,22,28H,3,7-14,16,18H2,1-2H3;2*1H. The van der Waals surface area contributed by atoms with Crippen molar-refractivity contribution >= 4 is 47.6 Å². The van der Waals surface area contributed by atoms with Crippen LogP contribution in [0.4, 0.5) is 5.82 Å². The lowest BCUT2D eigenvalue weighted by atomic mass is 9.81. The Kier molecular flexibility index (Phi) is 11.0. The summed E-state index contributed by atoms with van der Waals surface area (Å²) in [7, 11) is 2.01. The summed E-state index contributed by atoms with van der Waals surface area (Å²) in [5, 5.41) is 8.84. The van der Waals surface area contributed by atoms with E-state index in [1.807, 2.05) is 43.0 Å². The molecule has 0 spiro atoms. The summed E-state index contributed by atoms with van der Waals surface area (Å²) < 4.78 is 7.55. The largest absolute Gasteiger partial charge is 0.494 e. The zero-order valence-electron chi connectivity index (χ0n) is 22.2. The van der Waals surface area contributed by atoms with Gasteiger partial charge in [0, 0.05) is 32.1 Å². The minimum atomic E-state index is 0. The number of anilines is 1. The van der Waals surface area contributed by atoms with Gasteiger partial charge in [-0.2, -0.15) is 5.10 Å². The molecular formula is C27H39Cl2N7O2. The Morgan fingerprint density at radius 2 is 1.84 bits per heavy atom. The Morgan fingerprint density at radius 1 is 1.08 bits per heavy atom. The fourth-order valence-corrected chi connectivity index (χ4v) is 5.62. The number of hydrogen-bond donors (Lipinski definition) is 1. The molecule has 2 fully saturated rings. The molecule has 0 unspecified atom stereocenters. The van der Waals surface area contributed by atoms with E-state index in [9.17, 15) is 4.79 Å². The lowest BCUT2D eigenvalue weighted by Gasteiger charge is -2.38. The van der Waals surface area contributed by atoms with Crippen LogP contribution in [0, 0.1) is 11.8 Å². The number of carbonyl (C=O) groups is 1. The molecule has 2 aromatic heterocycles. The molecule has 11 heteroatoms. The molecule has 1 saturated carbocycles. The van der Waals surface area contributed by atoms with Crippen LogP contribution in [0.5, 0.6) is 5.75 Å². The smallest absolute Gasteiger partial charge is 0.225 e. The average Bonchev–Trinajstić information content (AvgIpc) is 3.32. The van der Waals surface area contributed by atoms with Gasteiger partial charge in [-0.25, -0.2) is 14.6 Å². The van der Waals surface area contributed by atoms with Crippen molar-refractivity contribution in [2.24, 2.45) is 11.8 Å². The average molecular weight is 565 g/mol. The second-order valence-electron chi connectivity index (χ2n) is 9.90. The highest BCUT2D eigenvalue weighted by Gasteiger charge is 2.31. The zero-order valence-corrected chi connectivity index (χ0v) is 23.8. The van der Waals surface area contributed by atoms with Crippen molar-refractivity contribution in [3.8, 4) is 5.75 Å². The normalized spacial score (nSPS) is 19.5. The van der Waals surface area contributed by atoms with Gasteiger partial charge in [0.05, 0.1) is 24.7 Å². The molecule has 1 aliphatic heterocycles. The molecule has 1 saturated heterocycles. The highest BCUT2D eigenvalue weighted by molar-refractivity contribution is 5.87. The highest BCUT2D eigenvalue weighted by Crippen LogP contribution is 2.31. The summed E-state index contributed by atoms with van der Waals surface area (Å²) in [6, 6.07) is 8.08. The monoisotopic (exact) mass is 563 g/mol. The number of rotatable bonds is 8. The fourth-order valence-electron chi connectivity index (χ4n) is 5.62. The van der Waals surface area contributed by atoms with Gasteiger partial charge in [0.1, 0.15) is 17.9 Å². The first-order chi connectivity index (χ1) is 17.7. The van der Waals surface area contributed by atoms with Crippen molar-refractivity contribution in [2.45, 2.75) is 39.2 Å². The number of nitrogens with zero attached hydrogens (tertiary/aromatic N) is 6. The molecule has 0 atom stereocenters. The first-order valence-corrected chi connectivity index (χ1v) is 13.2. The summed E-state index contributed by atoms with van der Waals surface area (Å²) in [6.07, 6.45) is 7.81. The number of halogens is 2. The molecule has 3 heterocycles. The van der Waals surface area contributed by atoms with Crippen LogP contribution in [0.25, 0.3) is 11.0 Å². The summed E-state index contributed by atoms with van der Waals surface area (Å²) in [4.78, 5) is 26.6. The van der Waals surface area contributed by atoms with E-state index >= 15 is 0 Å². The number of aromatic nitrogens is 4. The van der Waals surface area contributed by atoms with Crippen molar-refractivity contribution in [1.82, 2.24) is 30.0 Å². The molecule has 38 heavy (non-hydrogen) atoms. The second kappa shape index (κ2) is 14.0. The number of carbonyl (C=O) groups excluding carboxylic acids is 1. The Morgan fingerprint density at radius 3 is 2.55 bits per heavy atom. The molecule has 0 bridgehead atoms. The van der Waals surface area contributed by atoms with Crippen LogP contribution in [0.3, 0.4) is 0 Å². The van der Waals surface area contributed by atoms with Crippen LogP contribution < -0.4 is 15.0 Å². The summed E-state index contributed by atoms with van der Waals surface area (Å²) in [5.74, 6) is 3.00. The molecule has 1 N–H and O–H groups in total. The van der Waals surface area contributed by atoms with E-state index in [4.69, 9.17) is 4.74 Å². The van der Waals surface area contributed by atoms with E-state index < -0.39 is 0 Å². The van der Waals surface area contributed by atoms with Crippen LogP contribution in [0.1, 0.15) is 38.2 Å². The Balaban J connectivity index is 0.00000200. The SMILES string of the molecule is CCOc1cccc(Cn2ncc3c(N4CCN(C(=O)C5CCC(CNC)CC5)CC4)ncnc32)c1.Cl.Cl. The van der Waals surface area contributed by atoms with Gasteiger partial charge >= 0.3 is 0 Å². The third kappa shape index (κ3) is 6.68. The van der Waals surface area contributed by atoms with Gasteiger partial charge in [-0.1, -0.05) is 12.1 Å². The van der Waals surface area contributed by atoms with Gasteiger partial charge in [-0.05, 0) is 69.8 Å². The lowest BCUT2D eigenvalue weighted by molar-refractivity contribution is -0.137. The van der Waals surface area contributed by atoms with Crippen LogP contribution in [0.15, 0.2) is 36.8 Å². The first kappa shape index (κ1) is 29.9. The van der Waals surface area contributed by atoms with Crippen molar-refractivity contribution < 1.29 is 9.53 Å². The Bertz CT molecular complexity index is 1180. The minimum absolute atomic E-state index is 0. The third-order valence-electron chi connectivity index (χ3n) is 7.53. The number of benzene rings is 1.